The third kappa shape index (κ3) is 1.86. The van der Waals surface area contributed by atoms with Crippen LogP contribution >= 0.6 is 0 Å². The van der Waals surface area contributed by atoms with Gasteiger partial charge in [-0.15, -0.1) is 0 Å². The Balaban J connectivity index is 2.04. The van der Waals surface area contributed by atoms with Crippen LogP contribution in [0.1, 0.15) is 28.9 Å². The number of carboxylic acid groups (broad SMARTS) is 1. The molecule has 1 aromatic carbocycles. The Kier molecular flexibility index (Phi) is 2.97. The number of carboxylic acids is 1. The summed E-state index contributed by atoms with van der Waals surface area (Å²) in [6.45, 7) is 2.35. The van der Waals surface area contributed by atoms with E-state index in [1.165, 1.54) is 4.90 Å². The minimum absolute atomic E-state index is 0.190. The normalized spacial score (nSPS) is 18.6. The summed E-state index contributed by atoms with van der Waals surface area (Å²) in [6.07, 6.45) is 1.27. The van der Waals surface area contributed by atoms with Crippen molar-refractivity contribution in [2.45, 2.75) is 25.8 Å². The van der Waals surface area contributed by atoms with E-state index in [0.717, 1.165) is 23.0 Å². The molecule has 1 amide bonds. The zero-order chi connectivity index (χ0) is 14.3. The second kappa shape index (κ2) is 4.67. The maximum Gasteiger partial charge on any atom is 0.326 e. The number of carbonyl (C=O) groups is 2. The second-order valence-corrected chi connectivity index (χ2v) is 5.17. The lowest BCUT2D eigenvalue weighted by atomic mass is 10.1. The molecule has 1 atom stereocenters. The highest BCUT2D eigenvalue weighted by molar-refractivity contribution is 6.09. The van der Waals surface area contributed by atoms with Gasteiger partial charge in [0, 0.05) is 23.1 Å². The molecule has 2 aromatic rings. The number of aryl methyl sites for hydroxylation is 1. The summed E-state index contributed by atoms with van der Waals surface area (Å²) in [7, 11) is 0. The van der Waals surface area contributed by atoms with Crippen LogP contribution in [0.2, 0.25) is 0 Å². The maximum absolute atomic E-state index is 12.7. The third-order valence-corrected chi connectivity index (χ3v) is 3.91. The molecular formula is C15H16N2O3. The predicted molar refractivity (Wildman–Crippen MR) is 74.7 cm³/mol. The topological polar surface area (TPSA) is 73.4 Å². The van der Waals surface area contributed by atoms with Gasteiger partial charge < -0.3 is 15.0 Å². The number of benzene rings is 1. The molecule has 1 aliphatic rings. The van der Waals surface area contributed by atoms with Gasteiger partial charge in [-0.25, -0.2) is 4.79 Å². The molecule has 0 spiro atoms. The third-order valence-electron chi connectivity index (χ3n) is 3.91. The van der Waals surface area contributed by atoms with E-state index in [1.54, 1.807) is 0 Å². The van der Waals surface area contributed by atoms with Crippen LogP contribution in [0.4, 0.5) is 0 Å². The van der Waals surface area contributed by atoms with Crippen LogP contribution in [-0.4, -0.2) is 39.5 Å². The Hall–Kier alpha value is -2.30. The first-order chi connectivity index (χ1) is 9.59. The number of amides is 1. The van der Waals surface area contributed by atoms with Crippen LogP contribution in [0, 0.1) is 6.92 Å². The second-order valence-electron chi connectivity index (χ2n) is 5.17. The highest BCUT2D eigenvalue weighted by Gasteiger charge is 2.35. The van der Waals surface area contributed by atoms with Crippen molar-refractivity contribution in [3.8, 4) is 0 Å². The van der Waals surface area contributed by atoms with Gasteiger partial charge in [-0.1, -0.05) is 18.2 Å². The van der Waals surface area contributed by atoms with Crippen LogP contribution in [0.3, 0.4) is 0 Å². The molecule has 0 unspecified atom stereocenters. The minimum atomic E-state index is -0.923. The highest BCUT2D eigenvalue weighted by Crippen LogP contribution is 2.27. The lowest BCUT2D eigenvalue weighted by molar-refractivity contribution is -0.141. The van der Waals surface area contributed by atoms with Crippen LogP contribution < -0.4 is 0 Å². The van der Waals surface area contributed by atoms with Crippen molar-refractivity contribution in [2.24, 2.45) is 0 Å². The number of aliphatic carboxylic acids is 1. The molecule has 104 valence electrons. The van der Waals surface area contributed by atoms with Gasteiger partial charge in [0.05, 0.1) is 5.56 Å². The Morgan fingerprint density at radius 1 is 1.35 bits per heavy atom. The number of rotatable bonds is 2. The largest absolute Gasteiger partial charge is 0.480 e. The van der Waals surface area contributed by atoms with Crippen molar-refractivity contribution in [3.05, 3.63) is 35.5 Å². The van der Waals surface area contributed by atoms with E-state index >= 15 is 0 Å². The van der Waals surface area contributed by atoms with Crippen LogP contribution in [-0.2, 0) is 4.79 Å². The van der Waals surface area contributed by atoms with Crippen LogP contribution in [0.25, 0.3) is 10.9 Å². The van der Waals surface area contributed by atoms with E-state index in [2.05, 4.69) is 4.98 Å². The fourth-order valence-corrected chi connectivity index (χ4v) is 2.96. The molecule has 0 radical (unpaired) electrons. The molecule has 2 N–H and O–H groups in total. The van der Waals surface area contributed by atoms with Crippen molar-refractivity contribution in [2.75, 3.05) is 6.54 Å². The molecule has 1 aromatic heterocycles. The predicted octanol–water partition coefficient (Wildman–Crippen LogP) is 2.17. The molecule has 3 rings (SSSR count). The van der Waals surface area contributed by atoms with Gasteiger partial charge in [0.2, 0.25) is 0 Å². The number of fused-ring (bicyclic) bond motifs is 1. The first-order valence-corrected chi connectivity index (χ1v) is 6.70. The molecule has 1 fully saturated rings. The maximum atomic E-state index is 12.7. The molecule has 5 nitrogen and oxygen atoms in total. The average Bonchev–Trinajstić information content (AvgIpc) is 3.01. The number of hydrogen-bond acceptors (Lipinski definition) is 2. The quantitative estimate of drug-likeness (QED) is 0.880. The first kappa shape index (κ1) is 12.7. The Labute approximate surface area is 116 Å². The Morgan fingerprint density at radius 3 is 2.85 bits per heavy atom. The molecular weight excluding hydrogens is 256 g/mol. The van der Waals surface area contributed by atoms with Gasteiger partial charge in [0.15, 0.2) is 0 Å². The zero-order valence-corrected chi connectivity index (χ0v) is 11.2. The average molecular weight is 272 g/mol. The Bertz CT molecular complexity index is 689. The number of nitrogens with one attached hydrogen (secondary N) is 1. The monoisotopic (exact) mass is 272 g/mol. The molecule has 0 saturated carbocycles. The van der Waals surface area contributed by atoms with Crippen molar-refractivity contribution in [1.29, 1.82) is 0 Å². The number of aromatic amines is 1. The molecule has 1 saturated heterocycles. The highest BCUT2D eigenvalue weighted by atomic mass is 16.4. The lowest BCUT2D eigenvalue weighted by Crippen LogP contribution is -2.40. The number of para-hydroxylation sites is 1. The van der Waals surface area contributed by atoms with Crippen LogP contribution in [0.5, 0.6) is 0 Å². The Morgan fingerprint density at radius 2 is 2.10 bits per heavy atom. The van der Waals surface area contributed by atoms with Gasteiger partial charge >= 0.3 is 5.97 Å². The molecule has 20 heavy (non-hydrogen) atoms. The van der Waals surface area contributed by atoms with Gasteiger partial charge in [-0.3, -0.25) is 4.79 Å². The van der Waals surface area contributed by atoms with E-state index < -0.39 is 12.0 Å². The lowest BCUT2D eigenvalue weighted by Gasteiger charge is -2.21. The number of hydrogen-bond donors (Lipinski definition) is 2. The van der Waals surface area contributed by atoms with Crippen molar-refractivity contribution >= 4 is 22.8 Å². The van der Waals surface area contributed by atoms with Crippen molar-refractivity contribution < 1.29 is 14.7 Å². The fourth-order valence-electron chi connectivity index (χ4n) is 2.96. The minimum Gasteiger partial charge on any atom is -0.480 e. The summed E-state index contributed by atoms with van der Waals surface area (Å²) in [5, 5.41) is 10.1. The SMILES string of the molecule is Cc1[nH]c2ccccc2c1C(=O)N1CCC[C@H]1C(=O)O. The van der Waals surface area contributed by atoms with E-state index in [-0.39, 0.29) is 5.91 Å². The van der Waals surface area contributed by atoms with Gasteiger partial charge in [0.1, 0.15) is 6.04 Å². The fraction of sp³-hybridized carbons (Fsp3) is 0.333. The van der Waals surface area contributed by atoms with Crippen molar-refractivity contribution in [3.63, 3.8) is 0 Å². The van der Waals surface area contributed by atoms with Gasteiger partial charge in [0.25, 0.3) is 5.91 Å². The molecule has 1 aliphatic heterocycles. The molecule has 0 bridgehead atoms. The summed E-state index contributed by atoms with van der Waals surface area (Å²) in [4.78, 5) is 28.6. The number of H-pyrrole nitrogens is 1. The summed E-state index contributed by atoms with van der Waals surface area (Å²) in [5.41, 5.74) is 2.28. The number of aromatic nitrogens is 1. The van der Waals surface area contributed by atoms with E-state index in [9.17, 15) is 14.7 Å². The number of likely N-dealkylation sites (tertiary alicyclic amines) is 1. The standard InChI is InChI=1S/C15H16N2O3/c1-9-13(10-5-2-3-6-11(10)16-9)14(18)17-8-4-7-12(17)15(19)20/h2-3,5-6,12,16H,4,7-8H2,1H3,(H,19,20)/t12-/m0/s1. The smallest absolute Gasteiger partial charge is 0.326 e. The summed E-state index contributed by atoms with van der Waals surface area (Å²) in [6, 6.07) is 6.89. The number of nitrogens with zero attached hydrogens (tertiary/aromatic N) is 1. The van der Waals surface area contributed by atoms with Crippen LogP contribution in [0.15, 0.2) is 24.3 Å². The number of carbonyl (C=O) groups excluding carboxylic acids is 1. The van der Waals surface area contributed by atoms with E-state index in [4.69, 9.17) is 0 Å². The van der Waals surface area contributed by atoms with E-state index in [1.807, 2.05) is 31.2 Å². The summed E-state index contributed by atoms with van der Waals surface area (Å²) < 4.78 is 0. The zero-order valence-electron chi connectivity index (χ0n) is 11.2. The molecule has 0 aliphatic carbocycles. The first-order valence-electron chi connectivity index (χ1n) is 6.70. The van der Waals surface area contributed by atoms with Gasteiger partial charge in [-0.05, 0) is 25.8 Å². The summed E-state index contributed by atoms with van der Waals surface area (Å²) >= 11 is 0. The summed E-state index contributed by atoms with van der Waals surface area (Å²) in [5.74, 6) is -1.11. The molecule has 2 heterocycles. The van der Waals surface area contributed by atoms with E-state index in [0.29, 0.717) is 18.5 Å². The van der Waals surface area contributed by atoms with Gasteiger partial charge in [-0.2, -0.15) is 0 Å². The molecule has 5 heteroatoms. The van der Waals surface area contributed by atoms with Crippen molar-refractivity contribution in [1.82, 2.24) is 9.88 Å².